The Hall–Kier alpha value is -1.72. The minimum atomic E-state index is 0.493. The molecule has 0 spiro atoms. The summed E-state index contributed by atoms with van der Waals surface area (Å²) in [7, 11) is 0. The highest BCUT2D eigenvalue weighted by Crippen LogP contribution is 2.34. The van der Waals surface area contributed by atoms with Crippen LogP contribution in [0.5, 0.6) is 0 Å². The first-order valence-corrected chi connectivity index (χ1v) is 7.83. The first kappa shape index (κ1) is 12.1. The third kappa shape index (κ3) is 2.13. The summed E-state index contributed by atoms with van der Waals surface area (Å²) >= 11 is 1.77. The lowest BCUT2D eigenvalue weighted by Crippen LogP contribution is -2.22. The monoisotopic (exact) mass is 284 g/mol. The third-order valence-electron chi connectivity index (χ3n) is 3.97. The lowest BCUT2D eigenvalue weighted by molar-refractivity contribution is 0.248. The molecule has 102 valence electrons. The number of nitrogens with one attached hydrogen (secondary N) is 1. The number of imidazole rings is 1. The molecule has 20 heavy (non-hydrogen) atoms. The van der Waals surface area contributed by atoms with E-state index >= 15 is 0 Å². The second kappa shape index (κ2) is 5.00. The van der Waals surface area contributed by atoms with Crippen molar-refractivity contribution in [3.05, 3.63) is 46.7 Å². The molecular weight excluding hydrogens is 268 g/mol. The molecule has 1 N–H and O–H groups in total. The Kier molecular flexibility index (Phi) is 3.01. The van der Waals surface area contributed by atoms with E-state index in [1.165, 1.54) is 23.4 Å². The van der Waals surface area contributed by atoms with Gasteiger partial charge in [-0.1, -0.05) is 6.07 Å². The van der Waals surface area contributed by atoms with Gasteiger partial charge in [0.05, 0.1) is 23.4 Å². The molecule has 1 saturated heterocycles. The van der Waals surface area contributed by atoms with E-state index < -0.39 is 0 Å². The van der Waals surface area contributed by atoms with Gasteiger partial charge in [-0.05, 0) is 37.1 Å². The Bertz CT molecular complexity index is 704. The maximum Gasteiger partial charge on any atom is 0.110 e. The molecule has 0 bridgehead atoms. The van der Waals surface area contributed by atoms with Crippen molar-refractivity contribution in [2.45, 2.75) is 25.4 Å². The maximum absolute atomic E-state index is 4.49. The number of thiazole rings is 1. The molecule has 0 saturated carbocycles. The molecule has 1 aromatic carbocycles. The van der Waals surface area contributed by atoms with Crippen molar-refractivity contribution in [1.82, 2.24) is 19.9 Å². The van der Waals surface area contributed by atoms with Crippen molar-refractivity contribution in [2.24, 2.45) is 0 Å². The number of fused-ring (bicyclic) bond motifs is 1. The van der Waals surface area contributed by atoms with Crippen molar-refractivity contribution in [3.63, 3.8) is 0 Å². The van der Waals surface area contributed by atoms with E-state index in [2.05, 4.69) is 43.4 Å². The molecule has 0 amide bonds. The van der Waals surface area contributed by atoms with Gasteiger partial charge in [0.15, 0.2) is 0 Å². The average Bonchev–Trinajstić information content (AvgIpc) is 3.19. The molecule has 1 unspecified atom stereocenters. The number of aromatic amines is 1. The summed E-state index contributed by atoms with van der Waals surface area (Å²) in [6.45, 7) is 2.14. The lowest BCUT2D eigenvalue weighted by atomic mass is 10.1. The van der Waals surface area contributed by atoms with Gasteiger partial charge in [0.25, 0.3) is 0 Å². The van der Waals surface area contributed by atoms with Gasteiger partial charge in [0.2, 0.25) is 0 Å². The molecule has 4 rings (SSSR count). The van der Waals surface area contributed by atoms with E-state index in [1.807, 2.05) is 6.20 Å². The number of hydrogen-bond donors (Lipinski definition) is 1. The molecule has 1 aliphatic rings. The van der Waals surface area contributed by atoms with Crippen LogP contribution in [-0.4, -0.2) is 26.4 Å². The standard InChI is InChI=1S/C15H16N4S/c1-2-14(15-16-5-7-20-15)19(6-1)9-11-3-4-12-13(8-11)18-10-17-12/h3-5,7-8,10,14H,1-2,6,9H2,(H,17,18). The number of rotatable bonds is 3. The third-order valence-corrected chi connectivity index (χ3v) is 4.85. The summed E-state index contributed by atoms with van der Waals surface area (Å²) in [5.41, 5.74) is 3.49. The van der Waals surface area contributed by atoms with Crippen LogP contribution in [0.3, 0.4) is 0 Å². The van der Waals surface area contributed by atoms with Gasteiger partial charge < -0.3 is 4.98 Å². The molecule has 0 aliphatic carbocycles. The SMILES string of the molecule is c1csc(C2CCCN2Cc2ccc3nc[nH]c3c2)n1. The number of aromatic nitrogens is 3. The number of benzene rings is 1. The van der Waals surface area contributed by atoms with E-state index in [9.17, 15) is 0 Å². The molecule has 1 aliphatic heterocycles. The number of nitrogens with zero attached hydrogens (tertiary/aromatic N) is 3. The van der Waals surface area contributed by atoms with Crippen molar-refractivity contribution in [2.75, 3.05) is 6.54 Å². The van der Waals surface area contributed by atoms with E-state index in [-0.39, 0.29) is 0 Å². The summed E-state index contributed by atoms with van der Waals surface area (Å²) in [5.74, 6) is 0. The topological polar surface area (TPSA) is 44.8 Å². The number of H-pyrrole nitrogens is 1. The van der Waals surface area contributed by atoms with E-state index in [4.69, 9.17) is 0 Å². The van der Waals surface area contributed by atoms with Crippen LogP contribution in [0, 0.1) is 0 Å². The molecule has 5 heteroatoms. The van der Waals surface area contributed by atoms with Crippen molar-refractivity contribution in [3.8, 4) is 0 Å². The van der Waals surface area contributed by atoms with E-state index in [0.29, 0.717) is 6.04 Å². The fraction of sp³-hybridized carbons (Fsp3) is 0.333. The second-order valence-corrected chi connectivity index (χ2v) is 6.18. The van der Waals surface area contributed by atoms with E-state index in [1.54, 1.807) is 17.7 Å². The van der Waals surface area contributed by atoms with Gasteiger partial charge in [-0.2, -0.15) is 0 Å². The zero-order valence-electron chi connectivity index (χ0n) is 11.1. The van der Waals surface area contributed by atoms with Gasteiger partial charge in [0.1, 0.15) is 5.01 Å². The highest BCUT2D eigenvalue weighted by atomic mass is 32.1. The molecule has 4 nitrogen and oxygen atoms in total. The quantitative estimate of drug-likeness (QED) is 0.802. The summed E-state index contributed by atoms with van der Waals surface area (Å²) in [4.78, 5) is 14.5. The van der Waals surface area contributed by atoms with Gasteiger partial charge in [0, 0.05) is 18.1 Å². The van der Waals surface area contributed by atoms with Crippen LogP contribution in [0.4, 0.5) is 0 Å². The molecule has 2 aromatic heterocycles. The zero-order chi connectivity index (χ0) is 13.4. The Morgan fingerprint density at radius 1 is 1.35 bits per heavy atom. The fourth-order valence-corrected chi connectivity index (χ4v) is 3.82. The summed E-state index contributed by atoms with van der Waals surface area (Å²) < 4.78 is 0. The van der Waals surface area contributed by atoms with Crippen LogP contribution in [0.15, 0.2) is 36.1 Å². The van der Waals surface area contributed by atoms with Gasteiger partial charge in [-0.3, -0.25) is 4.90 Å². The Balaban J connectivity index is 1.58. The zero-order valence-corrected chi connectivity index (χ0v) is 11.9. The first-order chi connectivity index (χ1) is 9.90. The predicted octanol–water partition coefficient (Wildman–Crippen LogP) is 3.36. The molecule has 1 fully saturated rings. The molecular formula is C15H16N4S. The summed E-state index contributed by atoms with van der Waals surface area (Å²) in [5, 5.41) is 3.33. The minimum Gasteiger partial charge on any atom is -0.345 e. The highest BCUT2D eigenvalue weighted by Gasteiger charge is 2.27. The maximum atomic E-state index is 4.49. The van der Waals surface area contributed by atoms with Crippen molar-refractivity contribution in [1.29, 1.82) is 0 Å². The Morgan fingerprint density at radius 2 is 2.35 bits per heavy atom. The van der Waals surface area contributed by atoms with Crippen LogP contribution in [0.1, 0.15) is 29.5 Å². The average molecular weight is 284 g/mol. The fourth-order valence-electron chi connectivity index (χ4n) is 3.01. The molecule has 3 aromatic rings. The molecule has 3 heterocycles. The molecule has 1 atom stereocenters. The normalized spacial score (nSPS) is 19.9. The number of hydrogen-bond acceptors (Lipinski definition) is 4. The number of likely N-dealkylation sites (tertiary alicyclic amines) is 1. The van der Waals surface area contributed by atoms with Crippen molar-refractivity contribution >= 4 is 22.4 Å². The van der Waals surface area contributed by atoms with Crippen LogP contribution in [0.25, 0.3) is 11.0 Å². The van der Waals surface area contributed by atoms with E-state index in [0.717, 1.165) is 24.1 Å². The van der Waals surface area contributed by atoms with Crippen LogP contribution in [0.2, 0.25) is 0 Å². The van der Waals surface area contributed by atoms with Crippen molar-refractivity contribution < 1.29 is 0 Å². The summed E-state index contributed by atoms with van der Waals surface area (Å²) in [6.07, 6.45) is 6.15. The van der Waals surface area contributed by atoms with Gasteiger partial charge >= 0.3 is 0 Å². The second-order valence-electron chi connectivity index (χ2n) is 5.25. The summed E-state index contributed by atoms with van der Waals surface area (Å²) in [6, 6.07) is 6.97. The lowest BCUT2D eigenvalue weighted by Gasteiger charge is -2.22. The van der Waals surface area contributed by atoms with Crippen LogP contribution >= 0.6 is 11.3 Å². The minimum absolute atomic E-state index is 0.493. The predicted molar refractivity (Wildman–Crippen MR) is 80.6 cm³/mol. The van der Waals surface area contributed by atoms with Crippen LogP contribution in [-0.2, 0) is 6.54 Å². The van der Waals surface area contributed by atoms with Gasteiger partial charge in [-0.15, -0.1) is 11.3 Å². The molecule has 0 radical (unpaired) electrons. The first-order valence-electron chi connectivity index (χ1n) is 6.95. The largest absolute Gasteiger partial charge is 0.345 e. The van der Waals surface area contributed by atoms with Crippen LogP contribution < -0.4 is 0 Å². The smallest absolute Gasteiger partial charge is 0.110 e. The Labute approximate surface area is 121 Å². The van der Waals surface area contributed by atoms with Gasteiger partial charge in [-0.25, -0.2) is 9.97 Å². The Morgan fingerprint density at radius 3 is 3.25 bits per heavy atom. The highest BCUT2D eigenvalue weighted by molar-refractivity contribution is 7.09.